The maximum absolute atomic E-state index is 11.0. The zero-order valence-electron chi connectivity index (χ0n) is 18.5. The number of para-hydroxylation sites is 2. The molecule has 0 spiro atoms. The largest absolute Gasteiger partial charge is 0.507 e. The number of imidazole rings is 1. The molecule has 0 aliphatic heterocycles. The number of anilines is 1. The molecule has 0 aliphatic rings. The van der Waals surface area contributed by atoms with Crippen LogP contribution in [0.4, 0.5) is 5.95 Å². The smallest absolute Gasteiger partial charge is 0.224 e. The number of hydrogen-bond donors (Lipinski definition) is 2. The molecule has 3 aromatic rings. The lowest BCUT2D eigenvalue weighted by Crippen LogP contribution is -2.19. The summed E-state index contributed by atoms with van der Waals surface area (Å²) in [5.41, 5.74) is 4.51. The van der Waals surface area contributed by atoms with Gasteiger partial charge in [-0.3, -0.25) is 0 Å². The summed E-state index contributed by atoms with van der Waals surface area (Å²) in [4.78, 5) is 7.93. The molecule has 2 N–H and O–H groups in total. The van der Waals surface area contributed by atoms with Crippen molar-refractivity contribution in [2.24, 2.45) is 5.10 Å². The molecule has 0 unspecified atom stereocenters. The van der Waals surface area contributed by atoms with Crippen molar-refractivity contribution in [3.05, 3.63) is 53.1 Å². The SMILES string of the molecule is CCN(N=Cc1cc(C(C)(C)C)cc(C(C)(C)C)c1O)c1nc2ccccc2[nH]1. The molecule has 0 saturated carbocycles. The van der Waals surface area contributed by atoms with Gasteiger partial charge in [-0.2, -0.15) is 5.10 Å². The van der Waals surface area contributed by atoms with E-state index < -0.39 is 0 Å². The molecule has 1 aromatic heterocycles. The van der Waals surface area contributed by atoms with Crippen LogP contribution in [0.5, 0.6) is 5.75 Å². The summed E-state index contributed by atoms with van der Waals surface area (Å²) < 4.78 is 0. The number of H-pyrrole nitrogens is 1. The Kier molecular flexibility index (Phi) is 5.44. The van der Waals surface area contributed by atoms with Crippen LogP contribution in [0.15, 0.2) is 41.5 Å². The van der Waals surface area contributed by atoms with Crippen molar-refractivity contribution in [1.82, 2.24) is 9.97 Å². The van der Waals surface area contributed by atoms with E-state index in [0.29, 0.717) is 12.5 Å². The standard InChI is InChI=1S/C24H32N4O/c1-8-28(22-26-19-11-9-10-12-20(19)27-22)25-15-16-13-17(23(2,3)4)14-18(21(16)29)24(5,6)7/h9-15,29H,8H2,1-7H3,(H,26,27). The number of rotatable bonds is 4. The van der Waals surface area contributed by atoms with Crippen LogP contribution in [-0.4, -0.2) is 27.8 Å². The lowest BCUT2D eigenvalue weighted by atomic mass is 9.79. The number of aromatic nitrogens is 2. The Bertz CT molecular complexity index is 1000. The molecule has 154 valence electrons. The lowest BCUT2D eigenvalue weighted by molar-refractivity contribution is 0.444. The second kappa shape index (κ2) is 7.54. The Balaban J connectivity index is 2.03. The predicted molar refractivity (Wildman–Crippen MR) is 122 cm³/mol. The maximum atomic E-state index is 11.0. The monoisotopic (exact) mass is 392 g/mol. The molecule has 0 atom stereocenters. The first kappa shape index (κ1) is 20.9. The van der Waals surface area contributed by atoms with Gasteiger partial charge in [0, 0.05) is 17.7 Å². The van der Waals surface area contributed by atoms with Gasteiger partial charge < -0.3 is 10.1 Å². The van der Waals surface area contributed by atoms with Gasteiger partial charge in [0.25, 0.3) is 0 Å². The third-order valence-corrected chi connectivity index (χ3v) is 5.07. The van der Waals surface area contributed by atoms with Crippen molar-refractivity contribution in [3.8, 4) is 5.75 Å². The first-order valence-corrected chi connectivity index (χ1v) is 10.1. The summed E-state index contributed by atoms with van der Waals surface area (Å²) in [6.45, 7) is 15.6. The van der Waals surface area contributed by atoms with Gasteiger partial charge in [0.05, 0.1) is 17.2 Å². The highest BCUT2D eigenvalue weighted by molar-refractivity contribution is 5.86. The van der Waals surface area contributed by atoms with Crippen LogP contribution in [-0.2, 0) is 10.8 Å². The molecule has 0 aliphatic carbocycles. The van der Waals surface area contributed by atoms with Gasteiger partial charge >= 0.3 is 0 Å². The fourth-order valence-electron chi connectivity index (χ4n) is 3.24. The minimum atomic E-state index is -0.170. The van der Waals surface area contributed by atoms with Crippen molar-refractivity contribution in [2.75, 3.05) is 11.6 Å². The molecular formula is C24H32N4O. The average molecular weight is 393 g/mol. The highest BCUT2D eigenvalue weighted by Gasteiger charge is 2.24. The summed E-state index contributed by atoms with van der Waals surface area (Å²) in [5.74, 6) is 0.974. The number of hydrazone groups is 1. The van der Waals surface area contributed by atoms with E-state index in [4.69, 9.17) is 0 Å². The molecule has 1 heterocycles. The molecule has 0 fully saturated rings. The quantitative estimate of drug-likeness (QED) is 0.440. The van der Waals surface area contributed by atoms with Crippen molar-refractivity contribution in [2.45, 2.75) is 59.3 Å². The molecule has 5 heteroatoms. The van der Waals surface area contributed by atoms with Crippen LogP contribution in [0.2, 0.25) is 0 Å². The molecule has 0 radical (unpaired) electrons. The van der Waals surface area contributed by atoms with E-state index in [2.05, 4.69) is 62.7 Å². The molecule has 0 amide bonds. The van der Waals surface area contributed by atoms with Crippen LogP contribution in [0.25, 0.3) is 11.0 Å². The summed E-state index contributed by atoms with van der Waals surface area (Å²) in [6, 6.07) is 12.1. The van der Waals surface area contributed by atoms with Gasteiger partial charge in [0.15, 0.2) is 0 Å². The second-order valence-corrected chi connectivity index (χ2v) is 9.50. The van der Waals surface area contributed by atoms with Crippen molar-refractivity contribution >= 4 is 23.2 Å². The van der Waals surface area contributed by atoms with E-state index >= 15 is 0 Å². The average Bonchev–Trinajstić information content (AvgIpc) is 3.05. The van der Waals surface area contributed by atoms with Gasteiger partial charge in [0.2, 0.25) is 5.95 Å². The minimum Gasteiger partial charge on any atom is -0.507 e. The Labute approximate surface area is 173 Å². The Morgan fingerprint density at radius 1 is 1.07 bits per heavy atom. The maximum Gasteiger partial charge on any atom is 0.224 e. The van der Waals surface area contributed by atoms with Gasteiger partial charge in [-0.25, -0.2) is 9.99 Å². The molecule has 5 nitrogen and oxygen atoms in total. The summed E-state index contributed by atoms with van der Waals surface area (Å²) in [6.07, 6.45) is 1.73. The first-order chi connectivity index (χ1) is 13.5. The number of fused-ring (bicyclic) bond motifs is 1. The van der Waals surface area contributed by atoms with E-state index in [1.807, 2.05) is 37.3 Å². The van der Waals surface area contributed by atoms with Crippen LogP contribution >= 0.6 is 0 Å². The van der Waals surface area contributed by atoms with Crippen LogP contribution in [0.1, 0.15) is 65.2 Å². The van der Waals surface area contributed by atoms with E-state index in [0.717, 1.165) is 22.2 Å². The summed E-state index contributed by atoms with van der Waals surface area (Å²) >= 11 is 0. The van der Waals surface area contributed by atoms with Gasteiger partial charge in [-0.1, -0.05) is 59.7 Å². The number of hydrogen-bond acceptors (Lipinski definition) is 4. The van der Waals surface area contributed by atoms with Crippen molar-refractivity contribution < 1.29 is 5.11 Å². The van der Waals surface area contributed by atoms with E-state index in [-0.39, 0.29) is 16.6 Å². The minimum absolute atomic E-state index is 0.0283. The number of phenols is 1. The Morgan fingerprint density at radius 3 is 2.34 bits per heavy atom. The molecular weight excluding hydrogens is 360 g/mol. The lowest BCUT2D eigenvalue weighted by Gasteiger charge is -2.27. The highest BCUT2D eigenvalue weighted by Crippen LogP contribution is 2.37. The van der Waals surface area contributed by atoms with Gasteiger partial charge in [0.1, 0.15) is 5.75 Å². The molecule has 29 heavy (non-hydrogen) atoms. The topological polar surface area (TPSA) is 64.5 Å². The van der Waals surface area contributed by atoms with Crippen molar-refractivity contribution in [1.29, 1.82) is 0 Å². The normalized spacial score (nSPS) is 12.8. The van der Waals surface area contributed by atoms with Gasteiger partial charge in [-0.15, -0.1) is 0 Å². The fourth-order valence-corrected chi connectivity index (χ4v) is 3.24. The fraction of sp³-hybridized carbons (Fsp3) is 0.417. The zero-order chi connectivity index (χ0) is 21.4. The molecule has 2 aromatic carbocycles. The summed E-state index contributed by atoms with van der Waals surface area (Å²) in [7, 11) is 0. The number of nitrogens with one attached hydrogen (secondary N) is 1. The molecule has 0 bridgehead atoms. The highest BCUT2D eigenvalue weighted by atomic mass is 16.3. The predicted octanol–water partition coefficient (Wildman–Crippen LogP) is 5.72. The van der Waals surface area contributed by atoms with Crippen LogP contribution in [0.3, 0.4) is 0 Å². The summed E-state index contributed by atoms with van der Waals surface area (Å²) in [5, 5.41) is 17.4. The second-order valence-electron chi connectivity index (χ2n) is 9.50. The number of benzene rings is 2. The number of aromatic amines is 1. The number of phenolic OH excluding ortho intramolecular Hbond substituents is 1. The van der Waals surface area contributed by atoms with E-state index in [1.165, 1.54) is 5.56 Å². The third kappa shape index (κ3) is 4.44. The Morgan fingerprint density at radius 2 is 1.76 bits per heavy atom. The van der Waals surface area contributed by atoms with Crippen molar-refractivity contribution in [3.63, 3.8) is 0 Å². The number of aromatic hydroxyl groups is 1. The van der Waals surface area contributed by atoms with E-state index in [1.54, 1.807) is 11.2 Å². The van der Waals surface area contributed by atoms with Crippen LogP contribution in [0, 0.1) is 0 Å². The third-order valence-electron chi connectivity index (χ3n) is 5.07. The Hall–Kier alpha value is -2.82. The molecule has 0 saturated heterocycles. The first-order valence-electron chi connectivity index (χ1n) is 10.1. The van der Waals surface area contributed by atoms with E-state index in [9.17, 15) is 5.11 Å². The van der Waals surface area contributed by atoms with Gasteiger partial charge in [-0.05, 0) is 41.5 Å². The zero-order valence-corrected chi connectivity index (χ0v) is 18.5. The number of nitrogens with zero attached hydrogens (tertiary/aromatic N) is 3. The molecule has 3 rings (SSSR count). The van der Waals surface area contributed by atoms with Crippen LogP contribution < -0.4 is 5.01 Å².